The number of hydrogen-bond donors (Lipinski definition) is 1. The van der Waals surface area contributed by atoms with Crippen molar-refractivity contribution in [2.75, 3.05) is 13.7 Å². The van der Waals surface area contributed by atoms with Gasteiger partial charge in [0.15, 0.2) is 0 Å². The van der Waals surface area contributed by atoms with E-state index < -0.39 is 0 Å². The molecule has 2 rings (SSSR count). The summed E-state index contributed by atoms with van der Waals surface area (Å²) in [6, 6.07) is 19.5. The number of amides is 1. The fourth-order valence-electron chi connectivity index (χ4n) is 1.85. The van der Waals surface area contributed by atoms with Crippen LogP contribution in [-0.2, 0) is 6.54 Å². The molecule has 0 saturated heterocycles. The maximum Gasteiger partial charge on any atom is 0.252 e. The zero-order valence-corrected chi connectivity index (χ0v) is 11.0. The molecule has 0 unspecified atom stereocenters. The molecule has 98 valence electrons. The van der Waals surface area contributed by atoms with E-state index in [-0.39, 0.29) is 5.91 Å². The smallest absolute Gasteiger partial charge is 0.252 e. The molecular weight excluding hydrogens is 236 g/mol. The Bertz CT molecular complexity index is 511. The van der Waals surface area contributed by atoms with Gasteiger partial charge < -0.3 is 5.32 Å². The van der Waals surface area contributed by atoms with Crippen LogP contribution in [0.2, 0.25) is 0 Å². The van der Waals surface area contributed by atoms with Crippen LogP contribution in [0, 0.1) is 0 Å². The zero-order chi connectivity index (χ0) is 13.5. The monoisotopic (exact) mass is 254 g/mol. The van der Waals surface area contributed by atoms with Gasteiger partial charge in [0, 0.05) is 12.1 Å². The largest absolute Gasteiger partial charge is 0.339 e. The van der Waals surface area contributed by atoms with Crippen molar-refractivity contribution in [3.8, 4) is 0 Å². The van der Waals surface area contributed by atoms with Crippen LogP contribution in [0.1, 0.15) is 15.9 Å². The Hall–Kier alpha value is -2.13. The van der Waals surface area contributed by atoms with Gasteiger partial charge in [0.25, 0.3) is 5.91 Å². The third kappa shape index (κ3) is 4.23. The van der Waals surface area contributed by atoms with Gasteiger partial charge in [-0.15, -0.1) is 0 Å². The molecule has 1 N–H and O–H groups in total. The van der Waals surface area contributed by atoms with E-state index >= 15 is 0 Å². The van der Waals surface area contributed by atoms with Crippen LogP contribution in [0.3, 0.4) is 0 Å². The van der Waals surface area contributed by atoms with Crippen LogP contribution in [-0.4, -0.2) is 24.5 Å². The Balaban J connectivity index is 1.81. The minimum atomic E-state index is -0.0412. The van der Waals surface area contributed by atoms with Gasteiger partial charge in [0.05, 0.1) is 6.67 Å². The lowest BCUT2D eigenvalue weighted by molar-refractivity contribution is 0.0928. The molecule has 3 heteroatoms. The number of nitrogens with zero attached hydrogens (tertiary/aromatic N) is 1. The molecule has 0 aliphatic carbocycles. The van der Waals surface area contributed by atoms with Gasteiger partial charge in [0.1, 0.15) is 0 Å². The van der Waals surface area contributed by atoms with Crippen molar-refractivity contribution < 1.29 is 4.79 Å². The van der Waals surface area contributed by atoms with E-state index in [1.807, 2.05) is 55.6 Å². The number of benzene rings is 2. The summed E-state index contributed by atoms with van der Waals surface area (Å²) < 4.78 is 0. The molecule has 2 aromatic rings. The number of hydrogen-bond acceptors (Lipinski definition) is 2. The predicted molar refractivity (Wildman–Crippen MR) is 76.7 cm³/mol. The highest BCUT2D eigenvalue weighted by atomic mass is 16.1. The van der Waals surface area contributed by atoms with Crippen molar-refractivity contribution in [2.24, 2.45) is 0 Å². The van der Waals surface area contributed by atoms with Crippen LogP contribution < -0.4 is 5.32 Å². The fraction of sp³-hybridized carbons (Fsp3) is 0.188. The van der Waals surface area contributed by atoms with Crippen molar-refractivity contribution in [1.29, 1.82) is 0 Å². The first-order valence-corrected chi connectivity index (χ1v) is 6.31. The van der Waals surface area contributed by atoms with Gasteiger partial charge >= 0.3 is 0 Å². The summed E-state index contributed by atoms with van der Waals surface area (Å²) in [5, 5.41) is 2.91. The van der Waals surface area contributed by atoms with Crippen molar-refractivity contribution in [1.82, 2.24) is 10.2 Å². The summed E-state index contributed by atoms with van der Waals surface area (Å²) >= 11 is 0. The van der Waals surface area contributed by atoms with Gasteiger partial charge in [-0.25, -0.2) is 0 Å². The maximum absolute atomic E-state index is 11.9. The Labute approximate surface area is 113 Å². The first kappa shape index (κ1) is 13.3. The Morgan fingerprint density at radius 1 is 1.00 bits per heavy atom. The summed E-state index contributed by atoms with van der Waals surface area (Å²) in [5.41, 5.74) is 1.93. The number of carbonyl (C=O) groups is 1. The Kier molecular flexibility index (Phi) is 4.70. The van der Waals surface area contributed by atoms with E-state index in [1.54, 1.807) is 0 Å². The molecule has 0 saturated carbocycles. The molecular formula is C16H18N2O. The van der Waals surface area contributed by atoms with Crippen molar-refractivity contribution >= 4 is 5.91 Å². The molecule has 0 heterocycles. The molecule has 0 spiro atoms. The van der Waals surface area contributed by atoms with E-state index in [9.17, 15) is 4.79 Å². The molecule has 3 nitrogen and oxygen atoms in total. The summed E-state index contributed by atoms with van der Waals surface area (Å²) in [5.74, 6) is -0.0412. The molecule has 0 atom stereocenters. The summed E-state index contributed by atoms with van der Waals surface area (Å²) in [7, 11) is 1.98. The highest BCUT2D eigenvalue weighted by Gasteiger charge is 2.05. The van der Waals surface area contributed by atoms with Gasteiger partial charge in [-0.3, -0.25) is 9.69 Å². The first-order chi connectivity index (χ1) is 9.25. The van der Waals surface area contributed by atoms with Crippen LogP contribution in [0.25, 0.3) is 0 Å². The van der Waals surface area contributed by atoms with E-state index in [0.717, 1.165) is 6.54 Å². The van der Waals surface area contributed by atoms with E-state index in [1.165, 1.54) is 5.56 Å². The predicted octanol–water partition coefficient (Wildman–Crippen LogP) is 2.51. The molecule has 0 bridgehead atoms. The second kappa shape index (κ2) is 6.71. The van der Waals surface area contributed by atoms with Crippen LogP contribution in [0.5, 0.6) is 0 Å². The molecule has 0 aromatic heterocycles. The molecule has 19 heavy (non-hydrogen) atoms. The van der Waals surface area contributed by atoms with E-state index in [2.05, 4.69) is 22.3 Å². The van der Waals surface area contributed by atoms with Gasteiger partial charge in [0.2, 0.25) is 0 Å². The van der Waals surface area contributed by atoms with Crippen LogP contribution in [0.4, 0.5) is 0 Å². The standard InChI is InChI=1S/C16H18N2O/c1-18(12-14-8-4-2-5-9-14)13-17-16(19)15-10-6-3-7-11-15/h2-11H,12-13H2,1H3,(H,17,19). The Morgan fingerprint density at radius 2 is 1.58 bits per heavy atom. The van der Waals surface area contributed by atoms with E-state index in [0.29, 0.717) is 12.2 Å². The first-order valence-electron chi connectivity index (χ1n) is 6.31. The average Bonchev–Trinajstić information content (AvgIpc) is 2.47. The zero-order valence-electron chi connectivity index (χ0n) is 11.0. The third-order valence-corrected chi connectivity index (χ3v) is 2.84. The van der Waals surface area contributed by atoms with Gasteiger partial charge in [-0.1, -0.05) is 48.5 Å². The SMILES string of the molecule is CN(CNC(=O)c1ccccc1)Cc1ccccc1. The third-order valence-electron chi connectivity index (χ3n) is 2.84. The number of carbonyl (C=O) groups excluding carboxylic acids is 1. The molecule has 1 amide bonds. The molecule has 0 radical (unpaired) electrons. The van der Waals surface area contributed by atoms with Crippen molar-refractivity contribution in [3.05, 3.63) is 71.8 Å². The van der Waals surface area contributed by atoms with Gasteiger partial charge in [-0.05, 0) is 24.7 Å². The van der Waals surface area contributed by atoms with Crippen LogP contribution >= 0.6 is 0 Å². The second-order valence-corrected chi connectivity index (χ2v) is 4.53. The lowest BCUT2D eigenvalue weighted by Crippen LogP contribution is -2.34. The molecule has 0 fully saturated rings. The molecule has 0 aliphatic heterocycles. The summed E-state index contributed by atoms with van der Waals surface area (Å²) in [6.07, 6.45) is 0. The molecule has 0 aliphatic rings. The highest BCUT2D eigenvalue weighted by Crippen LogP contribution is 2.02. The number of rotatable bonds is 5. The molecule has 2 aromatic carbocycles. The average molecular weight is 254 g/mol. The number of nitrogens with one attached hydrogen (secondary N) is 1. The lowest BCUT2D eigenvalue weighted by atomic mass is 10.2. The van der Waals surface area contributed by atoms with E-state index in [4.69, 9.17) is 0 Å². The quantitative estimate of drug-likeness (QED) is 0.831. The maximum atomic E-state index is 11.9. The Morgan fingerprint density at radius 3 is 2.21 bits per heavy atom. The lowest BCUT2D eigenvalue weighted by Gasteiger charge is -2.17. The summed E-state index contributed by atoms with van der Waals surface area (Å²) in [6.45, 7) is 1.35. The normalized spacial score (nSPS) is 10.4. The second-order valence-electron chi connectivity index (χ2n) is 4.53. The highest BCUT2D eigenvalue weighted by molar-refractivity contribution is 5.94. The van der Waals surface area contributed by atoms with Crippen molar-refractivity contribution in [2.45, 2.75) is 6.54 Å². The minimum absolute atomic E-state index is 0.0412. The summed E-state index contributed by atoms with van der Waals surface area (Å²) in [4.78, 5) is 13.9. The minimum Gasteiger partial charge on any atom is -0.339 e. The topological polar surface area (TPSA) is 32.3 Å². The van der Waals surface area contributed by atoms with Crippen LogP contribution in [0.15, 0.2) is 60.7 Å². The fourth-order valence-corrected chi connectivity index (χ4v) is 1.85. The van der Waals surface area contributed by atoms with Crippen molar-refractivity contribution in [3.63, 3.8) is 0 Å². The van der Waals surface area contributed by atoms with Gasteiger partial charge in [-0.2, -0.15) is 0 Å².